The van der Waals surface area contributed by atoms with Crippen LogP contribution in [0.1, 0.15) is 34.5 Å². The first-order chi connectivity index (χ1) is 13.7. The topological polar surface area (TPSA) is 71.3 Å². The minimum Gasteiger partial charge on any atom is -0.370 e. The molecular formula is C22H24N4O2. The number of piperidine rings is 1. The smallest absolute Gasteiger partial charge is 0.258 e. The van der Waals surface area contributed by atoms with Crippen LogP contribution >= 0.6 is 0 Å². The van der Waals surface area contributed by atoms with Gasteiger partial charge in [-0.3, -0.25) is 9.78 Å². The van der Waals surface area contributed by atoms with Crippen molar-refractivity contribution in [3.8, 4) is 0 Å². The van der Waals surface area contributed by atoms with Gasteiger partial charge in [-0.25, -0.2) is 0 Å². The summed E-state index contributed by atoms with van der Waals surface area (Å²) in [6, 6.07) is 14.3. The van der Waals surface area contributed by atoms with Crippen LogP contribution in [0.5, 0.6) is 0 Å². The number of benzene rings is 1. The van der Waals surface area contributed by atoms with Gasteiger partial charge in [0.1, 0.15) is 5.76 Å². The molecule has 6 heteroatoms. The Balaban J connectivity index is 1.36. The maximum atomic E-state index is 12.5. The van der Waals surface area contributed by atoms with Crippen molar-refractivity contribution in [1.29, 1.82) is 0 Å². The van der Waals surface area contributed by atoms with E-state index < -0.39 is 0 Å². The Morgan fingerprint density at radius 1 is 1.18 bits per heavy atom. The lowest BCUT2D eigenvalue weighted by atomic mass is 9.90. The van der Waals surface area contributed by atoms with Crippen LogP contribution < -0.4 is 10.2 Å². The highest BCUT2D eigenvalue weighted by Crippen LogP contribution is 2.26. The first-order valence-electron chi connectivity index (χ1n) is 9.66. The van der Waals surface area contributed by atoms with Crippen LogP contribution in [-0.2, 0) is 6.42 Å². The second-order valence-corrected chi connectivity index (χ2v) is 7.33. The van der Waals surface area contributed by atoms with Gasteiger partial charge >= 0.3 is 0 Å². The van der Waals surface area contributed by atoms with Crippen molar-refractivity contribution < 1.29 is 9.32 Å². The average Bonchev–Trinajstić information content (AvgIpc) is 3.14. The number of hydrogen-bond donors (Lipinski definition) is 1. The van der Waals surface area contributed by atoms with Crippen LogP contribution in [0.4, 0.5) is 11.5 Å². The largest absolute Gasteiger partial charge is 0.370 e. The van der Waals surface area contributed by atoms with Gasteiger partial charge in [-0.05, 0) is 43.7 Å². The lowest BCUT2D eigenvalue weighted by Gasteiger charge is -2.33. The van der Waals surface area contributed by atoms with Gasteiger partial charge in [-0.15, -0.1) is 0 Å². The molecule has 1 fully saturated rings. The van der Waals surface area contributed by atoms with E-state index in [4.69, 9.17) is 4.52 Å². The lowest BCUT2D eigenvalue weighted by Crippen LogP contribution is -2.34. The number of carbonyl (C=O) groups excluding carboxylic acids is 1. The number of nitrogens with zero attached hydrogens (tertiary/aromatic N) is 3. The molecule has 0 aliphatic carbocycles. The Kier molecular flexibility index (Phi) is 5.37. The van der Waals surface area contributed by atoms with Crippen LogP contribution in [0.15, 0.2) is 59.4 Å². The van der Waals surface area contributed by atoms with Gasteiger partial charge in [0.25, 0.3) is 5.91 Å². The summed E-state index contributed by atoms with van der Waals surface area (Å²) < 4.78 is 4.98. The molecule has 0 radical (unpaired) electrons. The van der Waals surface area contributed by atoms with Gasteiger partial charge in [-0.1, -0.05) is 35.5 Å². The molecule has 144 valence electrons. The number of pyridine rings is 1. The molecule has 1 amide bonds. The maximum absolute atomic E-state index is 12.5. The summed E-state index contributed by atoms with van der Waals surface area (Å²) in [5.74, 6) is 1.53. The van der Waals surface area contributed by atoms with E-state index in [-0.39, 0.29) is 5.91 Å². The van der Waals surface area contributed by atoms with Crippen LogP contribution in [0.3, 0.4) is 0 Å². The first kappa shape index (κ1) is 18.2. The average molecular weight is 376 g/mol. The molecule has 1 aliphatic heterocycles. The number of carbonyl (C=O) groups is 1. The van der Waals surface area contributed by atoms with Crippen molar-refractivity contribution >= 4 is 17.4 Å². The molecule has 1 aliphatic rings. The first-order valence-corrected chi connectivity index (χ1v) is 9.66. The van der Waals surface area contributed by atoms with E-state index in [2.05, 4.69) is 50.7 Å². The summed E-state index contributed by atoms with van der Waals surface area (Å²) >= 11 is 0. The van der Waals surface area contributed by atoms with Gasteiger partial charge in [0, 0.05) is 25.4 Å². The summed E-state index contributed by atoms with van der Waals surface area (Å²) in [5.41, 5.74) is 2.91. The zero-order chi connectivity index (χ0) is 19.3. The van der Waals surface area contributed by atoms with E-state index in [0.717, 1.165) is 38.0 Å². The summed E-state index contributed by atoms with van der Waals surface area (Å²) in [7, 11) is 0. The van der Waals surface area contributed by atoms with Crippen molar-refractivity contribution in [3.05, 3.63) is 71.7 Å². The van der Waals surface area contributed by atoms with Crippen LogP contribution in [-0.4, -0.2) is 29.1 Å². The number of rotatable bonds is 5. The number of amides is 1. The van der Waals surface area contributed by atoms with Crippen LogP contribution in [0.2, 0.25) is 0 Å². The summed E-state index contributed by atoms with van der Waals surface area (Å²) in [4.78, 5) is 19.0. The standard InChI is InChI=1S/C22H24N4O2/c1-16-11-21(25-28-16)24-22(27)19-13-20(15-23-14-19)26-9-7-18(8-10-26)12-17-5-3-2-4-6-17/h2-6,11,13-15,18H,7-10,12H2,1H3,(H,24,25,27). The Hall–Kier alpha value is -3.15. The summed E-state index contributed by atoms with van der Waals surface area (Å²) in [6.07, 6.45) is 6.82. The van der Waals surface area contributed by atoms with Gasteiger partial charge in [0.15, 0.2) is 5.82 Å². The molecule has 3 heterocycles. The van der Waals surface area contributed by atoms with Gasteiger partial charge in [-0.2, -0.15) is 0 Å². The fourth-order valence-corrected chi connectivity index (χ4v) is 3.68. The second-order valence-electron chi connectivity index (χ2n) is 7.33. The molecule has 4 rings (SSSR count). The van der Waals surface area contributed by atoms with E-state index in [0.29, 0.717) is 23.1 Å². The number of aryl methyl sites for hydroxylation is 1. The van der Waals surface area contributed by atoms with Crippen molar-refractivity contribution in [2.24, 2.45) is 5.92 Å². The Labute approximate surface area is 164 Å². The normalized spacial score (nSPS) is 14.8. The third-order valence-electron chi connectivity index (χ3n) is 5.20. The summed E-state index contributed by atoms with van der Waals surface area (Å²) in [5, 5.41) is 6.54. The second kappa shape index (κ2) is 8.25. The monoisotopic (exact) mass is 376 g/mol. The third-order valence-corrected chi connectivity index (χ3v) is 5.20. The van der Waals surface area contributed by atoms with E-state index in [1.54, 1.807) is 19.2 Å². The molecule has 3 aromatic rings. The third kappa shape index (κ3) is 4.39. The van der Waals surface area contributed by atoms with Crippen molar-refractivity contribution in [2.45, 2.75) is 26.2 Å². The highest BCUT2D eigenvalue weighted by Gasteiger charge is 2.21. The van der Waals surface area contributed by atoms with Crippen LogP contribution in [0, 0.1) is 12.8 Å². The fraction of sp³-hybridized carbons (Fsp3) is 0.318. The van der Waals surface area contributed by atoms with Crippen molar-refractivity contribution in [2.75, 3.05) is 23.3 Å². The molecule has 28 heavy (non-hydrogen) atoms. The fourth-order valence-electron chi connectivity index (χ4n) is 3.68. The minimum atomic E-state index is -0.235. The zero-order valence-corrected chi connectivity index (χ0v) is 16.0. The van der Waals surface area contributed by atoms with Gasteiger partial charge < -0.3 is 14.7 Å². The molecule has 6 nitrogen and oxygen atoms in total. The van der Waals surface area contributed by atoms with Crippen LogP contribution in [0.25, 0.3) is 0 Å². The van der Waals surface area contributed by atoms with E-state index in [1.807, 2.05) is 12.3 Å². The van der Waals surface area contributed by atoms with E-state index in [1.165, 1.54) is 5.56 Å². The molecule has 1 saturated heterocycles. The Morgan fingerprint density at radius 3 is 2.68 bits per heavy atom. The van der Waals surface area contributed by atoms with Crippen molar-refractivity contribution in [1.82, 2.24) is 10.1 Å². The molecule has 0 unspecified atom stereocenters. The molecule has 2 aromatic heterocycles. The maximum Gasteiger partial charge on any atom is 0.258 e. The molecule has 1 aromatic carbocycles. The van der Waals surface area contributed by atoms with E-state index >= 15 is 0 Å². The number of hydrogen-bond acceptors (Lipinski definition) is 5. The predicted octanol–water partition coefficient (Wildman–Crippen LogP) is 4.09. The number of nitrogens with one attached hydrogen (secondary N) is 1. The highest BCUT2D eigenvalue weighted by molar-refractivity contribution is 6.04. The van der Waals surface area contributed by atoms with E-state index in [9.17, 15) is 4.79 Å². The molecular weight excluding hydrogens is 352 g/mol. The highest BCUT2D eigenvalue weighted by atomic mass is 16.5. The molecule has 0 bridgehead atoms. The Morgan fingerprint density at radius 2 is 1.96 bits per heavy atom. The SMILES string of the molecule is Cc1cc(NC(=O)c2cncc(N3CCC(Cc4ccccc4)CC3)c2)no1. The summed E-state index contributed by atoms with van der Waals surface area (Å²) in [6.45, 7) is 3.74. The quantitative estimate of drug-likeness (QED) is 0.726. The zero-order valence-electron chi connectivity index (χ0n) is 16.0. The Bertz CT molecular complexity index is 930. The van der Waals surface area contributed by atoms with Gasteiger partial charge in [0.05, 0.1) is 17.4 Å². The number of aromatic nitrogens is 2. The van der Waals surface area contributed by atoms with Gasteiger partial charge in [0.2, 0.25) is 0 Å². The lowest BCUT2D eigenvalue weighted by molar-refractivity contribution is 0.102. The molecule has 1 N–H and O–H groups in total. The van der Waals surface area contributed by atoms with Crippen molar-refractivity contribution in [3.63, 3.8) is 0 Å². The number of anilines is 2. The molecule has 0 spiro atoms. The predicted molar refractivity (Wildman–Crippen MR) is 109 cm³/mol. The molecule has 0 atom stereocenters. The minimum absolute atomic E-state index is 0.235. The molecule has 0 saturated carbocycles.